The predicted octanol–water partition coefficient (Wildman–Crippen LogP) is 6.57. The zero-order valence-electron chi connectivity index (χ0n) is 20.3. The van der Waals surface area contributed by atoms with Crippen LogP contribution in [0.4, 0.5) is 4.39 Å². The van der Waals surface area contributed by atoms with E-state index >= 15 is 0 Å². The summed E-state index contributed by atoms with van der Waals surface area (Å²) in [5.41, 5.74) is 5.38. The minimum atomic E-state index is -0.170. The Hall–Kier alpha value is -2.76. The topological polar surface area (TPSA) is 23.6 Å². The fourth-order valence-corrected chi connectivity index (χ4v) is 6.63. The second kappa shape index (κ2) is 10.5. The monoisotopic (exact) mass is 488 g/mol. The van der Waals surface area contributed by atoms with E-state index < -0.39 is 0 Å². The van der Waals surface area contributed by atoms with E-state index in [-0.39, 0.29) is 11.7 Å². The number of halogens is 1. The van der Waals surface area contributed by atoms with Crippen LogP contribution < -0.4 is 0 Å². The Kier molecular flexibility index (Phi) is 7.17. The number of aryl methyl sites for hydroxylation is 1. The van der Waals surface area contributed by atoms with Gasteiger partial charge >= 0.3 is 0 Å². The summed E-state index contributed by atoms with van der Waals surface area (Å²) in [4.78, 5) is 18.2. The molecule has 182 valence electrons. The number of hydrogen-bond acceptors (Lipinski definition) is 3. The van der Waals surface area contributed by atoms with Crippen LogP contribution in [0.1, 0.15) is 57.3 Å². The summed E-state index contributed by atoms with van der Waals surface area (Å²) in [5.74, 6) is 1.21. The minimum Gasteiger partial charge on any atom is -0.338 e. The van der Waals surface area contributed by atoms with Crippen molar-refractivity contribution in [2.24, 2.45) is 5.92 Å². The maximum absolute atomic E-state index is 13.6. The molecule has 2 unspecified atom stereocenters. The Bertz CT molecular complexity index is 1170. The molecular formula is C30H33FN2OS. The van der Waals surface area contributed by atoms with Crippen LogP contribution in [-0.2, 0) is 0 Å². The first kappa shape index (κ1) is 24.0. The summed E-state index contributed by atoms with van der Waals surface area (Å²) in [7, 11) is 0. The number of amides is 1. The van der Waals surface area contributed by atoms with E-state index in [1.165, 1.54) is 11.1 Å². The highest BCUT2D eigenvalue weighted by Gasteiger charge is 2.38. The summed E-state index contributed by atoms with van der Waals surface area (Å²) >= 11 is 1.73. The van der Waals surface area contributed by atoms with Crippen molar-refractivity contribution in [3.8, 4) is 0 Å². The molecule has 0 aliphatic carbocycles. The highest BCUT2D eigenvalue weighted by atomic mass is 32.1. The molecule has 2 fully saturated rings. The lowest BCUT2D eigenvalue weighted by Gasteiger charge is -2.34. The lowest BCUT2D eigenvalue weighted by Crippen LogP contribution is -2.38. The van der Waals surface area contributed by atoms with E-state index in [2.05, 4.69) is 33.2 Å². The zero-order valence-corrected chi connectivity index (χ0v) is 21.1. The van der Waals surface area contributed by atoms with Gasteiger partial charge in [-0.15, -0.1) is 0 Å². The molecular weight excluding hydrogens is 455 g/mol. The number of carbonyl (C=O) groups is 1. The molecule has 2 aliphatic rings. The van der Waals surface area contributed by atoms with Gasteiger partial charge in [0.15, 0.2) is 0 Å². The molecule has 5 rings (SSSR count). The average Bonchev–Trinajstić information content (AvgIpc) is 3.55. The molecule has 1 aromatic heterocycles. The van der Waals surface area contributed by atoms with Gasteiger partial charge in [0.1, 0.15) is 5.82 Å². The number of likely N-dealkylation sites (tertiary alicyclic amines) is 2. The highest BCUT2D eigenvalue weighted by molar-refractivity contribution is 7.08. The van der Waals surface area contributed by atoms with Gasteiger partial charge < -0.3 is 9.80 Å². The van der Waals surface area contributed by atoms with Crippen LogP contribution in [0.25, 0.3) is 6.08 Å². The van der Waals surface area contributed by atoms with Crippen LogP contribution >= 0.6 is 11.3 Å². The second-order valence-electron chi connectivity index (χ2n) is 10.0. The molecule has 2 aromatic carbocycles. The summed E-state index contributed by atoms with van der Waals surface area (Å²) in [6, 6.07) is 15.2. The van der Waals surface area contributed by atoms with Crippen molar-refractivity contribution in [2.45, 2.75) is 31.6 Å². The van der Waals surface area contributed by atoms with E-state index in [1.54, 1.807) is 29.5 Å². The highest BCUT2D eigenvalue weighted by Crippen LogP contribution is 2.37. The fraction of sp³-hybridized carbons (Fsp3) is 0.367. The summed E-state index contributed by atoms with van der Waals surface area (Å²) in [6.07, 6.45) is 3.99. The third kappa shape index (κ3) is 5.12. The van der Waals surface area contributed by atoms with Gasteiger partial charge in [0, 0.05) is 31.1 Å². The maximum Gasteiger partial charge on any atom is 0.254 e. The first-order chi connectivity index (χ1) is 17.0. The van der Waals surface area contributed by atoms with E-state index in [0.717, 1.165) is 62.3 Å². The van der Waals surface area contributed by atoms with Crippen molar-refractivity contribution in [1.82, 2.24) is 9.80 Å². The Morgan fingerprint density at radius 3 is 2.54 bits per heavy atom. The van der Waals surface area contributed by atoms with Crippen LogP contribution in [-0.4, -0.2) is 48.4 Å². The van der Waals surface area contributed by atoms with E-state index in [4.69, 9.17) is 0 Å². The van der Waals surface area contributed by atoms with Gasteiger partial charge in [0.25, 0.3) is 5.91 Å². The molecule has 1 amide bonds. The van der Waals surface area contributed by atoms with Gasteiger partial charge in [-0.2, -0.15) is 11.3 Å². The molecule has 3 nitrogen and oxygen atoms in total. The van der Waals surface area contributed by atoms with Gasteiger partial charge in [0.2, 0.25) is 0 Å². The van der Waals surface area contributed by atoms with Crippen molar-refractivity contribution < 1.29 is 9.18 Å². The summed E-state index contributed by atoms with van der Waals surface area (Å²) in [6.45, 7) is 10.6. The number of thiophene rings is 1. The molecule has 0 spiro atoms. The number of nitrogens with zero attached hydrogens (tertiary/aromatic N) is 2. The third-order valence-corrected chi connectivity index (χ3v) is 8.58. The molecule has 35 heavy (non-hydrogen) atoms. The molecule has 3 heterocycles. The van der Waals surface area contributed by atoms with Gasteiger partial charge in [0.05, 0.1) is 0 Å². The summed E-state index contributed by atoms with van der Waals surface area (Å²) in [5, 5.41) is 4.38. The third-order valence-electron chi connectivity index (χ3n) is 7.88. The van der Waals surface area contributed by atoms with E-state index in [1.807, 2.05) is 37.3 Å². The number of piperidine rings is 1. The second-order valence-corrected chi connectivity index (χ2v) is 10.8. The molecule has 2 aliphatic heterocycles. The first-order valence-corrected chi connectivity index (χ1v) is 13.5. The molecule has 0 radical (unpaired) electrons. The number of hydrogen-bond donors (Lipinski definition) is 0. The molecule has 3 aromatic rings. The molecule has 0 N–H and O–H groups in total. The average molecular weight is 489 g/mol. The van der Waals surface area contributed by atoms with Crippen LogP contribution in [0.15, 0.2) is 65.9 Å². The molecule has 5 heteroatoms. The zero-order chi connectivity index (χ0) is 24.4. The van der Waals surface area contributed by atoms with Crippen molar-refractivity contribution in [3.63, 3.8) is 0 Å². The van der Waals surface area contributed by atoms with Crippen LogP contribution in [0.2, 0.25) is 0 Å². The van der Waals surface area contributed by atoms with Crippen LogP contribution in [0, 0.1) is 18.7 Å². The molecule has 2 saturated heterocycles. The lowest BCUT2D eigenvalue weighted by molar-refractivity contribution is 0.0781. The van der Waals surface area contributed by atoms with Crippen LogP contribution in [0.5, 0.6) is 0 Å². The Morgan fingerprint density at radius 2 is 1.86 bits per heavy atom. The normalized spacial score (nSPS) is 21.4. The van der Waals surface area contributed by atoms with Crippen molar-refractivity contribution in [3.05, 3.63) is 99.5 Å². The number of rotatable bonds is 6. The molecule has 0 bridgehead atoms. The van der Waals surface area contributed by atoms with Gasteiger partial charge in [-0.1, -0.05) is 36.9 Å². The van der Waals surface area contributed by atoms with Crippen molar-refractivity contribution in [2.75, 3.05) is 32.7 Å². The Morgan fingerprint density at radius 1 is 1.09 bits per heavy atom. The molecule has 0 saturated carbocycles. The van der Waals surface area contributed by atoms with E-state index in [0.29, 0.717) is 17.8 Å². The SMILES string of the molecule is C=Cc1c(C)cccc1C(=O)N1CC(CN2CCC(c3ccc(F)cc3)CC2)C(c2ccsc2)C1. The Labute approximate surface area is 211 Å². The standard InChI is InChI=1S/C30H33FN2OS/c1-3-27-21(2)5-4-6-28(27)30(34)33-18-25(29(19-33)24-13-16-35-20-24)17-32-14-11-23(12-15-32)22-7-9-26(31)10-8-22/h3-10,13,16,20,23,25,29H,1,11-12,14-15,17-19H2,2H3. The minimum absolute atomic E-state index is 0.112. The number of carbonyl (C=O) groups excluding carboxylic acids is 1. The Balaban J connectivity index is 1.28. The first-order valence-electron chi connectivity index (χ1n) is 12.5. The van der Waals surface area contributed by atoms with Crippen molar-refractivity contribution in [1.29, 1.82) is 0 Å². The van der Waals surface area contributed by atoms with Gasteiger partial charge in [-0.3, -0.25) is 4.79 Å². The van der Waals surface area contributed by atoms with Gasteiger partial charge in [-0.25, -0.2) is 4.39 Å². The smallest absolute Gasteiger partial charge is 0.254 e. The number of benzene rings is 2. The largest absolute Gasteiger partial charge is 0.338 e. The maximum atomic E-state index is 13.6. The predicted molar refractivity (Wildman–Crippen MR) is 143 cm³/mol. The van der Waals surface area contributed by atoms with Crippen molar-refractivity contribution >= 4 is 23.3 Å². The summed E-state index contributed by atoms with van der Waals surface area (Å²) < 4.78 is 13.3. The van der Waals surface area contributed by atoms with E-state index in [9.17, 15) is 9.18 Å². The quantitative estimate of drug-likeness (QED) is 0.392. The van der Waals surface area contributed by atoms with Crippen LogP contribution in [0.3, 0.4) is 0 Å². The van der Waals surface area contributed by atoms with Gasteiger partial charge in [-0.05, 0) is 102 Å². The lowest BCUT2D eigenvalue weighted by atomic mass is 9.87. The molecule has 2 atom stereocenters. The fourth-order valence-electron chi connectivity index (χ4n) is 5.91.